The van der Waals surface area contributed by atoms with Crippen LogP contribution in [0.15, 0.2) is 60.9 Å². The number of hydrogen-bond donors (Lipinski definition) is 1. The molecule has 0 saturated heterocycles. The summed E-state index contributed by atoms with van der Waals surface area (Å²) in [6.45, 7) is 0.736. The average molecular weight is 410 g/mol. The zero-order valence-electron chi connectivity index (χ0n) is 11.1. The van der Waals surface area contributed by atoms with Gasteiger partial charge in [-0.15, -0.1) is 0 Å². The Labute approximate surface area is 142 Å². The van der Waals surface area contributed by atoms with Gasteiger partial charge >= 0.3 is 0 Å². The van der Waals surface area contributed by atoms with Gasteiger partial charge in [-0.1, -0.05) is 23.7 Å². The van der Waals surface area contributed by atoms with Gasteiger partial charge in [0.2, 0.25) is 0 Å². The molecule has 0 amide bonds. The van der Waals surface area contributed by atoms with E-state index < -0.39 is 0 Å². The van der Waals surface area contributed by atoms with E-state index in [-0.39, 0.29) is 0 Å². The zero-order valence-corrected chi connectivity index (χ0v) is 14.0. The number of hydrogen-bond acceptors (Lipinski definition) is 2. The van der Waals surface area contributed by atoms with Crippen LogP contribution < -0.4 is 5.32 Å². The Bertz CT molecular complexity index is 724. The molecular weight excluding hydrogens is 397 g/mol. The van der Waals surface area contributed by atoms with Gasteiger partial charge in [-0.3, -0.25) is 0 Å². The fraction of sp³-hybridized carbons (Fsp3) is 0.0625. The van der Waals surface area contributed by atoms with Crippen LogP contribution in [0.3, 0.4) is 0 Å². The minimum atomic E-state index is 0.736. The maximum Gasteiger partial charge on any atom is 0.0648 e. The molecule has 0 radical (unpaired) electrons. The second-order valence-corrected chi connectivity index (χ2v) is 6.25. The molecule has 106 valence electrons. The van der Waals surface area contributed by atoms with E-state index >= 15 is 0 Å². The Kier molecular flexibility index (Phi) is 4.45. The monoisotopic (exact) mass is 409 g/mol. The topological polar surface area (TPSA) is 29.9 Å². The molecule has 0 aliphatic carbocycles. The summed E-state index contributed by atoms with van der Waals surface area (Å²) in [6.07, 6.45) is 3.70. The third kappa shape index (κ3) is 3.57. The molecule has 2 aromatic carbocycles. The second-order valence-electron chi connectivity index (χ2n) is 4.59. The summed E-state index contributed by atoms with van der Waals surface area (Å²) in [7, 11) is 0. The van der Waals surface area contributed by atoms with E-state index in [9.17, 15) is 0 Å². The molecular formula is C16H13ClIN3. The smallest absolute Gasteiger partial charge is 0.0648 e. The van der Waals surface area contributed by atoms with Crippen LogP contribution in [0.2, 0.25) is 5.02 Å². The van der Waals surface area contributed by atoms with Crippen LogP contribution in [0.25, 0.3) is 5.69 Å². The van der Waals surface area contributed by atoms with Crippen LogP contribution in [-0.2, 0) is 6.54 Å². The third-order valence-electron chi connectivity index (χ3n) is 3.12. The maximum absolute atomic E-state index is 6.21. The predicted molar refractivity (Wildman–Crippen MR) is 95.1 cm³/mol. The van der Waals surface area contributed by atoms with Gasteiger partial charge in [0.15, 0.2) is 0 Å². The molecule has 0 spiro atoms. The Balaban J connectivity index is 1.68. The summed E-state index contributed by atoms with van der Waals surface area (Å²) in [5.74, 6) is 0. The normalized spacial score (nSPS) is 10.6. The highest BCUT2D eigenvalue weighted by atomic mass is 127. The Hall–Kier alpha value is -1.53. The molecule has 0 atom stereocenters. The number of aromatic nitrogens is 2. The summed E-state index contributed by atoms with van der Waals surface area (Å²) in [6, 6.07) is 16.2. The third-order valence-corrected chi connectivity index (χ3v) is 4.10. The van der Waals surface area contributed by atoms with Crippen molar-refractivity contribution in [2.24, 2.45) is 0 Å². The van der Waals surface area contributed by atoms with Gasteiger partial charge in [0.25, 0.3) is 0 Å². The Morgan fingerprint density at radius 1 is 1.14 bits per heavy atom. The summed E-state index contributed by atoms with van der Waals surface area (Å²) in [5.41, 5.74) is 3.20. The van der Waals surface area contributed by atoms with Crippen molar-refractivity contribution in [1.29, 1.82) is 0 Å². The SMILES string of the molecule is Clc1cc(I)ccc1NCc1ccc(-n2cccn2)cc1. The zero-order chi connectivity index (χ0) is 14.7. The molecule has 0 saturated carbocycles. The highest BCUT2D eigenvalue weighted by molar-refractivity contribution is 14.1. The first-order valence-electron chi connectivity index (χ1n) is 6.50. The standard InChI is InChI=1S/C16H13ClIN3/c17-15-10-13(18)4-7-16(15)19-11-12-2-5-14(6-3-12)21-9-1-8-20-21/h1-10,19H,11H2. The molecule has 1 heterocycles. The highest BCUT2D eigenvalue weighted by Gasteiger charge is 2.01. The Morgan fingerprint density at radius 2 is 1.95 bits per heavy atom. The minimum absolute atomic E-state index is 0.736. The van der Waals surface area contributed by atoms with E-state index in [0.717, 1.165) is 26.5 Å². The first-order chi connectivity index (χ1) is 10.2. The van der Waals surface area contributed by atoms with Gasteiger partial charge < -0.3 is 5.32 Å². The number of benzene rings is 2. The van der Waals surface area contributed by atoms with Crippen molar-refractivity contribution in [1.82, 2.24) is 9.78 Å². The van der Waals surface area contributed by atoms with Crippen LogP contribution in [-0.4, -0.2) is 9.78 Å². The second kappa shape index (κ2) is 6.49. The first-order valence-corrected chi connectivity index (χ1v) is 7.96. The van der Waals surface area contributed by atoms with Crippen LogP contribution in [0, 0.1) is 3.57 Å². The van der Waals surface area contributed by atoms with Crippen molar-refractivity contribution in [2.45, 2.75) is 6.54 Å². The number of rotatable bonds is 4. The van der Waals surface area contributed by atoms with Crippen molar-refractivity contribution in [2.75, 3.05) is 5.32 Å². The summed E-state index contributed by atoms with van der Waals surface area (Å²) >= 11 is 8.46. The lowest BCUT2D eigenvalue weighted by Gasteiger charge is -2.09. The molecule has 1 N–H and O–H groups in total. The first kappa shape index (κ1) is 14.4. The molecule has 3 aromatic rings. The van der Waals surface area contributed by atoms with Crippen LogP contribution >= 0.6 is 34.2 Å². The molecule has 1 aromatic heterocycles. The van der Waals surface area contributed by atoms with E-state index in [2.05, 4.69) is 57.3 Å². The molecule has 0 aliphatic rings. The fourth-order valence-electron chi connectivity index (χ4n) is 2.02. The van der Waals surface area contributed by atoms with Crippen LogP contribution in [0.4, 0.5) is 5.69 Å². The van der Waals surface area contributed by atoms with Crippen molar-refractivity contribution in [3.8, 4) is 5.69 Å². The van der Waals surface area contributed by atoms with E-state index in [0.29, 0.717) is 0 Å². The predicted octanol–water partition coefficient (Wildman–Crippen LogP) is 4.74. The largest absolute Gasteiger partial charge is 0.380 e. The average Bonchev–Trinajstić information content (AvgIpc) is 3.01. The summed E-state index contributed by atoms with van der Waals surface area (Å²) in [5, 5.41) is 8.31. The van der Waals surface area contributed by atoms with Crippen molar-refractivity contribution in [3.63, 3.8) is 0 Å². The van der Waals surface area contributed by atoms with Gasteiger partial charge in [-0.25, -0.2) is 4.68 Å². The van der Waals surface area contributed by atoms with Gasteiger partial charge in [-0.2, -0.15) is 5.10 Å². The van der Waals surface area contributed by atoms with Gasteiger partial charge in [-0.05, 0) is 64.6 Å². The van der Waals surface area contributed by atoms with E-state index in [4.69, 9.17) is 11.6 Å². The molecule has 21 heavy (non-hydrogen) atoms. The summed E-state index contributed by atoms with van der Waals surface area (Å²) in [4.78, 5) is 0. The summed E-state index contributed by atoms with van der Waals surface area (Å²) < 4.78 is 2.97. The van der Waals surface area contributed by atoms with E-state index in [1.165, 1.54) is 5.56 Å². The van der Waals surface area contributed by atoms with Gasteiger partial charge in [0.1, 0.15) is 0 Å². The van der Waals surface area contributed by atoms with Crippen molar-refractivity contribution in [3.05, 3.63) is 75.1 Å². The van der Waals surface area contributed by atoms with Crippen molar-refractivity contribution < 1.29 is 0 Å². The lowest BCUT2D eigenvalue weighted by atomic mass is 10.2. The quantitative estimate of drug-likeness (QED) is 0.631. The number of anilines is 1. The molecule has 0 fully saturated rings. The fourth-order valence-corrected chi connectivity index (χ4v) is 2.94. The molecule has 0 unspecified atom stereocenters. The minimum Gasteiger partial charge on any atom is -0.380 e. The van der Waals surface area contributed by atoms with Gasteiger partial charge in [0.05, 0.1) is 16.4 Å². The van der Waals surface area contributed by atoms with Gasteiger partial charge in [0, 0.05) is 22.5 Å². The molecule has 3 rings (SSSR count). The molecule has 5 heteroatoms. The number of nitrogens with one attached hydrogen (secondary N) is 1. The molecule has 0 bridgehead atoms. The number of nitrogens with zero attached hydrogens (tertiary/aromatic N) is 2. The number of halogens is 2. The highest BCUT2D eigenvalue weighted by Crippen LogP contribution is 2.24. The molecule has 0 aliphatic heterocycles. The molecule has 3 nitrogen and oxygen atoms in total. The van der Waals surface area contributed by atoms with E-state index in [1.54, 1.807) is 6.20 Å². The van der Waals surface area contributed by atoms with Crippen LogP contribution in [0.1, 0.15) is 5.56 Å². The van der Waals surface area contributed by atoms with Crippen molar-refractivity contribution >= 4 is 39.9 Å². The Morgan fingerprint density at radius 3 is 2.62 bits per heavy atom. The lowest BCUT2D eigenvalue weighted by molar-refractivity contribution is 0.879. The lowest BCUT2D eigenvalue weighted by Crippen LogP contribution is -2.01. The maximum atomic E-state index is 6.21. The van der Waals surface area contributed by atoms with E-state index in [1.807, 2.05) is 35.1 Å². The van der Waals surface area contributed by atoms with Crippen LogP contribution in [0.5, 0.6) is 0 Å².